The van der Waals surface area contributed by atoms with E-state index in [1.54, 1.807) is 12.2 Å². The van der Waals surface area contributed by atoms with Crippen LogP contribution in [0.15, 0.2) is 24.3 Å². The van der Waals surface area contributed by atoms with Gasteiger partial charge in [-0.25, -0.2) is 0 Å². The van der Waals surface area contributed by atoms with E-state index in [0.29, 0.717) is 12.8 Å². The van der Waals surface area contributed by atoms with Gasteiger partial charge in [-0.15, -0.1) is 0 Å². The van der Waals surface area contributed by atoms with Crippen molar-refractivity contribution in [3.63, 3.8) is 0 Å². The van der Waals surface area contributed by atoms with Gasteiger partial charge in [-0.3, -0.25) is 0 Å². The van der Waals surface area contributed by atoms with E-state index in [2.05, 4.69) is 0 Å². The van der Waals surface area contributed by atoms with E-state index < -0.39 is 27.2 Å². The normalized spacial score (nSPS) is 29.6. The van der Waals surface area contributed by atoms with E-state index in [-0.39, 0.29) is 0 Å². The highest BCUT2D eigenvalue weighted by molar-refractivity contribution is 7.31. The Hall–Kier alpha value is -0.246. The largest absolute Gasteiger partial charge is 0.409 e. The van der Waals surface area contributed by atoms with Crippen LogP contribution in [0.5, 0.6) is 0 Å². The molecule has 0 spiro atoms. The van der Waals surface area contributed by atoms with Crippen LogP contribution in [-0.4, -0.2) is 35.3 Å². The molecule has 2 rings (SSSR count). The van der Waals surface area contributed by atoms with Gasteiger partial charge in [0.05, 0.1) is 0 Å². The van der Waals surface area contributed by atoms with E-state index in [1.807, 2.05) is 12.2 Å². The third-order valence-corrected chi connectivity index (χ3v) is 13.7. The van der Waals surface area contributed by atoms with Crippen molar-refractivity contribution in [1.82, 2.24) is 0 Å². The molecule has 6 heteroatoms. The van der Waals surface area contributed by atoms with E-state index in [1.165, 1.54) is 0 Å². The van der Waals surface area contributed by atoms with Crippen molar-refractivity contribution in [3.8, 4) is 0 Å². The second kappa shape index (κ2) is 5.40. The van der Waals surface area contributed by atoms with E-state index in [0.717, 1.165) is 25.7 Å². The molecule has 0 amide bonds. The minimum atomic E-state index is -4.01. The van der Waals surface area contributed by atoms with Crippen LogP contribution in [0.4, 0.5) is 0 Å². The van der Waals surface area contributed by atoms with Crippen molar-refractivity contribution < 1.29 is 19.2 Å². The predicted molar refractivity (Wildman–Crippen MR) is 73.9 cm³/mol. The summed E-state index contributed by atoms with van der Waals surface area (Å²) < 4.78 is 0. The van der Waals surface area contributed by atoms with Crippen molar-refractivity contribution in [1.29, 1.82) is 0 Å². The van der Waals surface area contributed by atoms with Gasteiger partial charge in [-0.1, -0.05) is 24.3 Å². The molecule has 0 bridgehead atoms. The maximum absolute atomic E-state index is 10.4. The zero-order valence-corrected chi connectivity index (χ0v) is 12.5. The molecule has 2 aliphatic rings. The molecule has 0 heterocycles. The number of rotatable bonds is 3. The molecule has 2 aliphatic carbocycles. The lowest BCUT2D eigenvalue weighted by atomic mass is 10.1. The first-order valence-electron chi connectivity index (χ1n) is 6.69. The number of hydrogen-bond donors (Lipinski definition) is 4. The average Bonchev–Trinajstić information content (AvgIpc) is 2.40. The average molecular weight is 286 g/mol. The maximum Gasteiger partial charge on any atom is 0.386 e. The molecule has 2 unspecified atom stereocenters. The van der Waals surface area contributed by atoms with Crippen LogP contribution >= 0.6 is 0 Å². The first-order chi connectivity index (χ1) is 8.46. The van der Waals surface area contributed by atoms with Crippen LogP contribution in [0.25, 0.3) is 0 Å². The molecule has 4 N–H and O–H groups in total. The quantitative estimate of drug-likeness (QED) is 0.463. The van der Waals surface area contributed by atoms with Crippen LogP contribution in [0.1, 0.15) is 38.5 Å². The van der Waals surface area contributed by atoms with Gasteiger partial charge in [-0.2, -0.15) is 0 Å². The molecular weight excluding hydrogens is 264 g/mol. The first-order valence-corrected chi connectivity index (χ1v) is 11.6. The van der Waals surface area contributed by atoms with Gasteiger partial charge in [0.2, 0.25) is 0 Å². The Kier molecular flexibility index (Phi) is 4.25. The van der Waals surface area contributed by atoms with Crippen LogP contribution < -0.4 is 0 Å². The SMILES string of the molecule is O[Si](O)(C1C=CCCC1)[Si](O)(O)C1C=CCCC1. The fourth-order valence-electron chi connectivity index (χ4n) is 2.84. The van der Waals surface area contributed by atoms with Crippen molar-refractivity contribution in [2.24, 2.45) is 0 Å². The predicted octanol–water partition coefficient (Wildman–Crippen LogP) is 1.14. The molecule has 102 valence electrons. The summed E-state index contributed by atoms with van der Waals surface area (Å²) in [7, 11) is -8.01. The van der Waals surface area contributed by atoms with Crippen molar-refractivity contribution in [3.05, 3.63) is 24.3 Å². The molecular formula is C12H22O4Si2. The highest BCUT2D eigenvalue weighted by Gasteiger charge is 2.63. The summed E-state index contributed by atoms with van der Waals surface area (Å²) in [5, 5.41) is 0. The topological polar surface area (TPSA) is 80.9 Å². The van der Waals surface area contributed by atoms with Crippen molar-refractivity contribution in [2.45, 2.75) is 49.6 Å². The molecule has 0 aliphatic heterocycles. The van der Waals surface area contributed by atoms with Gasteiger partial charge in [0.25, 0.3) is 0 Å². The summed E-state index contributed by atoms with van der Waals surface area (Å²) in [4.78, 5) is 41.6. The molecule has 0 aromatic carbocycles. The minimum absolute atomic E-state index is 0.428. The van der Waals surface area contributed by atoms with Gasteiger partial charge >= 0.3 is 16.2 Å². The van der Waals surface area contributed by atoms with Gasteiger partial charge in [-0.05, 0) is 38.5 Å². The van der Waals surface area contributed by atoms with Crippen molar-refractivity contribution >= 4 is 16.2 Å². The summed E-state index contributed by atoms with van der Waals surface area (Å²) in [5.41, 5.74) is -0.855. The fourth-order valence-corrected chi connectivity index (χ4v) is 10.7. The number of allylic oxidation sites excluding steroid dienone is 4. The van der Waals surface area contributed by atoms with Gasteiger partial charge in [0.1, 0.15) is 0 Å². The molecule has 0 saturated carbocycles. The van der Waals surface area contributed by atoms with Gasteiger partial charge in [0, 0.05) is 11.1 Å². The lowest BCUT2D eigenvalue weighted by Crippen LogP contribution is -2.69. The number of hydrogen-bond acceptors (Lipinski definition) is 4. The Balaban J connectivity index is 2.20. The molecule has 0 saturated heterocycles. The van der Waals surface area contributed by atoms with E-state index in [4.69, 9.17) is 0 Å². The van der Waals surface area contributed by atoms with Crippen LogP contribution in [0.3, 0.4) is 0 Å². The van der Waals surface area contributed by atoms with Gasteiger partial charge in [0.15, 0.2) is 0 Å². The lowest BCUT2D eigenvalue weighted by Gasteiger charge is -2.39. The Morgan fingerprint density at radius 2 is 1.11 bits per heavy atom. The second-order valence-electron chi connectivity index (χ2n) is 5.38. The Morgan fingerprint density at radius 1 is 0.722 bits per heavy atom. The summed E-state index contributed by atoms with van der Waals surface area (Å²) in [5.74, 6) is 0. The summed E-state index contributed by atoms with van der Waals surface area (Å²) in [6, 6.07) is 0. The highest BCUT2D eigenvalue weighted by atomic mass is 29.3. The maximum atomic E-state index is 10.4. The summed E-state index contributed by atoms with van der Waals surface area (Å²) in [6.45, 7) is 0. The monoisotopic (exact) mass is 286 g/mol. The molecule has 4 nitrogen and oxygen atoms in total. The van der Waals surface area contributed by atoms with Crippen LogP contribution in [-0.2, 0) is 0 Å². The molecule has 18 heavy (non-hydrogen) atoms. The lowest BCUT2D eigenvalue weighted by molar-refractivity contribution is 0.292. The highest BCUT2D eigenvalue weighted by Crippen LogP contribution is 2.40. The van der Waals surface area contributed by atoms with Crippen molar-refractivity contribution in [2.75, 3.05) is 0 Å². The molecule has 0 aromatic rings. The minimum Gasteiger partial charge on any atom is -0.409 e. The molecule has 2 atom stereocenters. The van der Waals surface area contributed by atoms with Gasteiger partial charge < -0.3 is 19.2 Å². The Labute approximate surface area is 110 Å². The third-order valence-electron chi connectivity index (χ3n) is 4.08. The van der Waals surface area contributed by atoms with Crippen LogP contribution in [0, 0.1) is 0 Å². The Bertz CT molecular complexity index is 318. The summed E-state index contributed by atoms with van der Waals surface area (Å²) >= 11 is 0. The third kappa shape index (κ3) is 2.54. The molecule has 0 fully saturated rings. The Morgan fingerprint density at radius 3 is 1.39 bits per heavy atom. The standard InChI is InChI=1S/C12H22O4Si2/c13-17(14,11-7-3-1-4-8-11)18(15,16)12-9-5-2-6-10-12/h3,5,7,9,11-16H,1-2,4,6,8,10H2. The zero-order valence-electron chi connectivity index (χ0n) is 10.5. The first kappa shape index (κ1) is 14.2. The second-order valence-corrected chi connectivity index (χ2v) is 14.2. The van der Waals surface area contributed by atoms with Crippen LogP contribution in [0.2, 0.25) is 11.1 Å². The molecule has 0 aromatic heterocycles. The molecule has 0 radical (unpaired) electrons. The fraction of sp³-hybridized carbons (Fsp3) is 0.667. The van der Waals surface area contributed by atoms with E-state index >= 15 is 0 Å². The van der Waals surface area contributed by atoms with E-state index in [9.17, 15) is 19.2 Å². The summed E-state index contributed by atoms with van der Waals surface area (Å²) in [6.07, 6.45) is 12.4. The zero-order chi connectivity index (χ0) is 13.2. The smallest absolute Gasteiger partial charge is 0.386 e.